The number of aliphatic hydroxyl groups excluding tert-OH is 1. The van der Waals surface area contributed by atoms with Crippen LogP contribution in [0.4, 0.5) is 0 Å². The van der Waals surface area contributed by atoms with E-state index in [0.717, 1.165) is 34.5 Å². The van der Waals surface area contributed by atoms with Crippen molar-refractivity contribution in [2.75, 3.05) is 19.8 Å². The second-order valence-corrected chi connectivity index (χ2v) is 12.9. The fourth-order valence-corrected chi connectivity index (χ4v) is 8.29. The van der Waals surface area contributed by atoms with Crippen LogP contribution in [0, 0.1) is 0 Å². The van der Waals surface area contributed by atoms with Crippen molar-refractivity contribution >= 4 is 18.7 Å². The SMILES string of the molecule is CCOc1ccccc1C(CO)OCCCC(C)(C)[Si](O)(c1ccccc1)c1ccccc1. The van der Waals surface area contributed by atoms with Crippen LogP contribution in [0.5, 0.6) is 5.75 Å². The van der Waals surface area contributed by atoms with E-state index in [0.29, 0.717) is 13.2 Å². The third-order valence-corrected chi connectivity index (χ3v) is 10.9. The second-order valence-electron chi connectivity index (χ2n) is 8.94. The Morgan fingerprint density at radius 3 is 1.94 bits per heavy atom. The van der Waals surface area contributed by atoms with Crippen LogP contribution in [0.2, 0.25) is 5.04 Å². The molecule has 0 aromatic heterocycles. The van der Waals surface area contributed by atoms with Crippen LogP contribution in [0.1, 0.15) is 45.3 Å². The van der Waals surface area contributed by atoms with E-state index in [1.165, 1.54) is 0 Å². The summed E-state index contributed by atoms with van der Waals surface area (Å²) in [5.41, 5.74) is 0.862. The van der Waals surface area contributed by atoms with Crippen LogP contribution in [-0.4, -0.2) is 38.0 Å². The summed E-state index contributed by atoms with van der Waals surface area (Å²) in [5, 5.41) is 11.7. The van der Waals surface area contributed by atoms with Gasteiger partial charge in [-0.05, 0) is 41.2 Å². The highest BCUT2D eigenvalue weighted by molar-refractivity contribution is 6.98. The van der Waals surface area contributed by atoms with Gasteiger partial charge in [-0.3, -0.25) is 0 Å². The lowest BCUT2D eigenvalue weighted by molar-refractivity contribution is 0.00761. The maximum absolute atomic E-state index is 12.3. The highest BCUT2D eigenvalue weighted by atomic mass is 28.4. The maximum Gasteiger partial charge on any atom is 0.258 e. The van der Waals surface area contributed by atoms with E-state index in [9.17, 15) is 9.90 Å². The first kappa shape index (κ1) is 25.2. The first-order valence-corrected chi connectivity index (χ1v) is 13.7. The lowest BCUT2D eigenvalue weighted by atomic mass is 10.1. The summed E-state index contributed by atoms with van der Waals surface area (Å²) in [6.07, 6.45) is 1.13. The molecule has 0 bridgehead atoms. The predicted octanol–water partition coefficient (Wildman–Crippen LogP) is 4.45. The smallest absolute Gasteiger partial charge is 0.258 e. The molecule has 0 fully saturated rings. The average Bonchev–Trinajstić information content (AvgIpc) is 2.85. The summed E-state index contributed by atoms with van der Waals surface area (Å²) < 4.78 is 11.8. The molecule has 0 heterocycles. The van der Waals surface area contributed by atoms with Gasteiger partial charge < -0.3 is 19.4 Å². The molecule has 1 unspecified atom stereocenters. The molecule has 3 aromatic rings. The largest absolute Gasteiger partial charge is 0.493 e. The lowest BCUT2D eigenvalue weighted by Gasteiger charge is -2.41. The van der Waals surface area contributed by atoms with Gasteiger partial charge in [-0.2, -0.15) is 0 Å². The van der Waals surface area contributed by atoms with Gasteiger partial charge in [0.15, 0.2) is 0 Å². The van der Waals surface area contributed by atoms with Crippen molar-refractivity contribution < 1.29 is 19.4 Å². The van der Waals surface area contributed by atoms with Gasteiger partial charge in [0.05, 0.1) is 13.2 Å². The quantitative estimate of drug-likeness (QED) is 0.307. The zero-order valence-electron chi connectivity index (χ0n) is 19.9. The van der Waals surface area contributed by atoms with E-state index in [4.69, 9.17) is 9.47 Å². The molecule has 176 valence electrons. The van der Waals surface area contributed by atoms with Crippen LogP contribution in [0.15, 0.2) is 84.9 Å². The molecule has 3 aromatic carbocycles. The zero-order chi connectivity index (χ0) is 23.7. The summed E-state index contributed by atoms with van der Waals surface area (Å²) in [7, 11) is -3.02. The molecular weight excluding hydrogens is 428 g/mol. The molecule has 0 amide bonds. The first-order valence-electron chi connectivity index (χ1n) is 11.7. The second kappa shape index (κ2) is 11.6. The molecule has 33 heavy (non-hydrogen) atoms. The Morgan fingerprint density at radius 2 is 1.39 bits per heavy atom. The lowest BCUT2D eigenvalue weighted by Crippen LogP contribution is -2.65. The maximum atomic E-state index is 12.3. The van der Waals surface area contributed by atoms with E-state index in [2.05, 4.69) is 13.8 Å². The molecule has 0 aliphatic rings. The predicted molar refractivity (Wildman–Crippen MR) is 137 cm³/mol. The Bertz CT molecular complexity index is 936. The van der Waals surface area contributed by atoms with Crippen LogP contribution >= 0.6 is 0 Å². The topological polar surface area (TPSA) is 58.9 Å². The number of ether oxygens (including phenoxy) is 2. The summed E-state index contributed by atoms with van der Waals surface area (Å²) in [5.74, 6) is 0.745. The van der Waals surface area contributed by atoms with Gasteiger partial charge in [-0.1, -0.05) is 92.7 Å². The Hall–Kier alpha value is -2.44. The molecule has 0 radical (unpaired) electrons. The number of hydrogen-bond acceptors (Lipinski definition) is 4. The molecule has 2 N–H and O–H groups in total. The number of hydrogen-bond donors (Lipinski definition) is 2. The standard InChI is InChI=1S/C28H36O4Si/c1-4-31-26-19-12-11-18-25(26)27(22-29)32-21-13-20-28(2,3)33(30,23-14-7-5-8-15-23)24-16-9-6-10-17-24/h5-12,14-19,27,29-30H,4,13,20-22H2,1-3H3. The summed E-state index contributed by atoms with van der Waals surface area (Å²) in [4.78, 5) is 12.3. The number of rotatable bonds is 12. The minimum atomic E-state index is -3.02. The Morgan fingerprint density at radius 1 is 0.848 bits per heavy atom. The van der Waals surface area contributed by atoms with Gasteiger partial charge in [0.1, 0.15) is 11.9 Å². The molecule has 0 saturated heterocycles. The molecular formula is C28H36O4Si. The van der Waals surface area contributed by atoms with Crippen molar-refractivity contribution in [3.8, 4) is 5.75 Å². The average molecular weight is 465 g/mol. The summed E-state index contributed by atoms with van der Waals surface area (Å²) in [6.45, 7) is 7.20. The Labute approximate surface area is 199 Å². The van der Waals surface area contributed by atoms with Crippen molar-refractivity contribution in [1.82, 2.24) is 0 Å². The Kier molecular flexibility index (Phi) is 8.86. The third kappa shape index (κ3) is 5.74. The number of para-hydroxylation sites is 1. The van der Waals surface area contributed by atoms with Gasteiger partial charge in [0.2, 0.25) is 0 Å². The molecule has 1 atom stereocenters. The van der Waals surface area contributed by atoms with Crippen molar-refractivity contribution in [1.29, 1.82) is 0 Å². The van der Waals surface area contributed by atoms with Crippen LogP contribution in [0.3, 0.4) is 0 Å². The van der Waals surface area contributed by atoms with Crippen LogP contribution in [0.25, 0.3) is 0 Å². The van der Waals surface area contributed by atoms with Crippen LogP contribution < -0.4 is 15.1 Å². The van der Waals surface area contributed by atoms with Crippen LogP contribution in [-0.2, 0) is 4.74 Å². The molecule has 0 saturated carbocycles. The molecule has 0 aliphatic carbocycles. The molecule has 4 nitrogen and oxygen atoms in total. The zero-order valence-corrected chi connectivity index (χ0v) is 20.9. The minimum Gasteiger partial charge on any atom is -0.493 e. The van der Waals surface area contributed by atoms with E-state index in [-0.39, 0.29) is 11.6 Å². The van der Waals surface area contributed by atoms with E-state index in [1.54, 1.807) is 0 Å². The van der Waals surface area contributed by atoms with Gasteiger partial charge in [-0.25, -0.2) is 0 Å². The van der Waals surface area contributed by atoms with Crippen molar-refractivity contribution in [3.63, 3.8) is 0 Å². The molecule has 0 spiro atoms. The molecule has 3 rings (SSSR count). The van der Waals surface area contributed by atoms with Crippen molar-refractivity contribution in [3.05, 3.63) is 90.5 Å². The molecule has 0 aliphatic heterocycles. The van der Waals surface area contributed by atoms with Crippen molar-refractivity contribution in [2.45, 2.75) is 44.8 Å². The van der Waals surface area contributed by atoms with Gasteiger partial charge >= 0.3 is 0 Å². The molecule has 5 heteroatoms. The highest BCUT2D eigenvalue weighted by Crippen LogP contribution is 2.40. The first-order chi connectivity index (χ1) is 15.9. The summed E-state index contributed by atoms with van der Waals surface area (Å²) >= 11 is 0. The fourth-order valence-electron chi connectivity index (χ4n) is 4.50. The van der Waals surface area contributed by atoms with E-state index < -0.39 is 14.4 Å². The van der Waals surface area contributed by atoms with Gasteiger partial charge in [0.25, 0.3) is 8.32 Å². The van der Waals surface area contributed by atoms with Crippen molar-refractivity contribution in [2.24, 2.45) is 0 Å². The number of aliphatic hydroxyl groups is 1. The summed E-state index contributed by atoms with van der Waals surface area (Å²) in [6, 6.07) is 27.8. The Balaban J connectivity index is 1.73. The highest BCUT2D eigenvalue weighted by Gasteiger charge is 2.49. The van der Waals surface area contributed by atoms with Gasteiger partial charge in [0, 0.05) is 12.2 Å². The number of benzene rings is 3. The van der Waals surface area contributed by atoms with Gasteiger partial charge in [-0.15, -0.1) is 0 Å². The van der Waals surface area contributed by atoms with E-state index >= 15 is 0 Å². The normalized spacial score (nSPS) is 13.0. The monoisotopic (exact) mass is 464 g/mol. The fraction of sp³-hybridized carbons (Fsp3) is 0.357. The third-order valence-electron chi connectivity index (χ3n) is 6.36. The van der Waals surface area contributed by atoms with E-state index in [1.807, 2.05) is 91.9 Å². The minimum absolute atomic E-state index is 0.111.